The Balaban J connectivity index is 2.09. The first-order valence-corrected chi connectivity index (χ1v) is 12.1. The lowest BCUT2D eigenvalue weighted by Crippen LogP contribution is -2.49. The number of ketones is 1. The number of carbonyl (C=O) groups is 1. The first-order chi connectivity index (χ1) is 12.8. The van der Waals surface area contributed by atoms with Crippen LogP contribution in [0, 0.1) is 6.92 Å². The van der Waals surface area contributed by atoms with Crippen LogP contribution in [0.4, 0.5) is 0 Å². The molecule has 27 heavy (non-hydrogen) atoms. The SMILES string of the molecule is Cc1cc(CO)ccc1C1=C2C=CC(=O)C=C2[Si](C)(C)c2cc(O)ccc21. The van der Waals surface area contributed by atoms with Gasteiger partial charge in [0.1, 0.15) is 13.8 Å². The van der Waals surface area contributed by atoms with Gasteiger partial charge in [-0.1, -0.05) is 43.4 Å². The number of aliphatic hydroxyl groups excluding tert-OH is 1. The summed E-state index contributed by atoms with van der Waals surface area (Å²) in [6.07, 6.45) is 5.34. The molecule has 0 aromatic heterocycles. The Morgan fingerprint density at radius 2 is 1.74 bits per heavy atom. The third-order valence-corrected chi connectivity index (χ3v) is 9.14. The van der Waals surface area contributed by atoms with E-state index < -0.39 is 8.07 Å². The monoisotopic (exact) mass is 374 g/mol. The minimum absolute atomic E-state index is 0.0109. The molecule has 0 bridgehead atoms. The fraction of sp³-hybridized carbons (Fsp3) is 0.174. The molecule has 0 spiro atoms. The molecule has 2 aliphatic rings. The molecule has 0 radical (unpaired) electrons. The molecule has 2 N–H and O–H groups in total. The minimum atomic E-state index is -2.13. The molecular weight excluding hydrogens is 352 g/mol. The maximum Gasteiger partial charge on any atom is 0.178 e. The highest BCUT2D eigenvalue weighted by Gasteiger charge is 2.40. The summed E-state index contributed by atoms with van der Waals surface area (Å²) >= 11 is 0. The van der Waals surface area contributed by atoms with Gasteiger partial charge < -0.3 is 10.2 Å². The van der Waals surface area contributed by atoms with Crippen LogP contribution in [-0.4, -0.2) is 24.1 Å². The molecule has 0 amide bonds. The number of rotatable bonds is 2. The first-order valence-electron chi connectivity index (χ1n) is 9.06. The van der Waals surface area contributed by atoms with Crippen molar-refractivity contribution in [1.82, 2.24) is 0 Å². The van der Waals surface area contributed by atoms with Crippen molar-refractivity contribution in [3.63, 3.8) is 0 Å². The van der Waals surface area contributed by atoms with Crippen molar-refractivity contribution in [2.24, 2.45) is 0 Å². The van der Waals surface area contributed by atoms with Crippen molar-refractivity contribution in [3.05, 3.63) is 87.6 Å². The molecule has 3 nitrogen and oxygen atoms in total. The number of aliphatic hydroxyl groups is 1. The van der Waals surface area contributed by atoms with E-state index in [1.165, 1.54) is 0 Å². The van der Waals surface area contributed by atoms with Crippen LogP contribution in [-0.2, 0) is 11.4 Å². The van der Waals surface area contributed by atoms with E-state index in [2.05, 4.69) is 13.1 Å². The zero-order valence-electron chi connectivity index (χ0n) is 15.7. The van der Waals surface area contributed by atoms with Crippen molar-refractivity contribution >= 4 is 24.6 Å². The number of allylic oxidation sites excluding steroid dienone is 5. The van der Waals surface area contributed by atoms with E-state index in [-0.39, 0.29) is 18.1 Å². The molecule has 136 valence electrons. The Hall–Kier alpha value is -2.69. The number of phenolic OH excluding ortho intramolecular Hbond substituents is 1. The number of hydrogen-bond acceptors (Lipinski definition) is 3. The molecule has 0 atom stereocenters. The molecule has 1 heterocycles. The van der Waals surface area contributed by atoms with Gasteiger partial charge in [-0.15, -0.1) is 0 Å². The molecule has 0 saturated heterocycles. The van der Waals surface area contributed by atoms with Crippen molar-refractivity contribution in [3.8, 4) is 5.75 Å². The standard InChI is InChI=1S/C23H22O3Si/c1-14-10-15(13-24)4-7-18(14)23-19-8-5-16(25)11-21(19)27(2,3)22-12-17(26)6-9-20(22)23/h4-12,24-25H,13H2,1-3H3. The van der Waals surface area contributed by atoms with E-state index in [0.717, 1.165) is 43.8 Å². The zero-order chi connectivity index (χ0) is 19.3. The summed E-state index contributed by atoms with van der Waals surface area (Å²) in [5.41, 5.74) is 6.36. The highest BCUT2D eigenvalue weighted by Crippen LogP contribution is 2.42. The predicted octanol–water partition coefficient (Wildman–Crippen LogP) is 3.53. The molecule has 1 aliphatic heterocycles. The lowest BCUT2D eigenvalue weighted by atomic mass is 9.87. The van der Waals surface area contributed by atoms with Gasteiger partial charge >= 0.3 is 0 Å². The van der Waals surface area contributed by atoms with Gasteiger partial charge in [0.05, 0.1) is 6.61 Å². The summed E-state index contributed by atoms with van der Waals surface area (Å²) < 4.78 is 0. The van der Waals surface area contributed by atoms with Gasteiger partial charge in [0.2, 0.25) is 0 Å². The van der Waals surface area contributed by atoms with Gasteiger partial charge in [0.25, 0.3) is 0 Å². The second-order valence-corrected chi connectivity index (χ2v) is 12.1. The number of carbonyl (C=O) groups excluding carboxylic acids is 1. The second kappa shape index (κ2) is 6.18. The normalized spacial score (nSPS) is 17.5. The van der Waals surface area contributed by atoms with Gasteiger partial charge in [-0.2, -0.15) is 0 Å². The maximum absolute atomic E-state index is 12.1. The van der Waals surface area contributed by atoms with Crippen LogP contribution < -0.4 is 5.19 Å². The number of hydrogen-bond donors (Lipinski definition) is 2. The summed E-state index contributed by atoms with van der Waals surface area (Å²) in [6, 6.07) is 11.6. The van der Waals surface area contributed by atoms with Crippen LogP contribution in [0.2, 0.25) is 13.1 Å². The van der Waals surface area contributed by atoms with E-state index in [1.54, 1.807) is 18.2 Å². The number of phenols is 1. The minimum Gasteiger partial charge on any atom is -0.508 e. The molecule has 2 aromatic rings. The summed E-state index contributed by atoms with van der Waals surface area (Å²) in [5.74, 6) is 0.271. The molecule has 0 saturated carbocycles. The van der Waals surface area contributed by atoms with E-state index in [0.29, 0.717) is 0 Å². The quantitative estimate of drug-likeness (QED) is 0.791. The van der Waals surface area contributed by atoms with Crippen LogP contribution in [0.3, 0.4) is 0 Å². The van der Waals surface area contributed by atoms with Crippen molar-refractivity contribution < 1.29 is 15.0 Å². The maximum atomic E-state index is 12.1. The summed E-state index contributed by atoms with van der Waals surface area (Å²) in [7, 11) is -2.13. The van der Waals surface area contributed by atoms with E-state index in [4.69, 9.17) is 0 Å². The fourth-order valence-corrected chi connectivity index (χ4v) is 7.28. The molecule has 2 aromatic carbocycles. The molecule has 1 aliphatic carbocycles. The summed E-state index contributed by atoms with van der Waals surface area (Å²) in [5, 5.41) is 21.8. The molecule has 4 heteroatoms. The summed E-state index contributed by atoms with van der Waals surface area (Å²) in [6.45, 7) is 6.50. The lowest BCUT2D eigenvalue weighted by molar-refractivity contribution is -0.110. The van der Waals surface area contributed by atoms with Gasteiger partial charge in [0.15, 0.2) is 5.78 Å². The Bertz CT molecular complexity index is 1070. The van der Waals surface area contributed by atoms with Crippen LogP contribution in [0.15, 0.2) is 65.4 Å². The van der Waals surface area contributed by atoms with Crippen LogP contribution >= 0.6 is 0 Å². The van der Waals surface area contributed by atoms with Crippen LogP contribution in [0.1, 0.15) is 22.3 Å². The van der Waals surface area contributed by atoms with Crippen LogP contribution in [0.25, 0.3) is 5.57 Å². The van der Waals surface area contributed by atoms with Crippen LogP contribution in [0.5, 0.6) is 5.75 Å². The Kier molecular flexibility index (Phi) is 4.06. The van der Waals surface area contributed by atoms with Gasteiger partial charge in [0, 0.05) is 0 Å². The number of benzene rings is 2. The fourth-order valence-electron chi connectivity index (χ4n) is 4.21. The topological polar surface area (TPSA) is 57.5 Å². The van der Waals surface area contributed by atoms with Gasteiger partial charge in [-0.05, 0) is 75.0 Å². The van der Waals surface area contributed by atoms with E-state index in [1.807, 2.05) is 43.3 Å². The second-order valence-electron chi connectivity index (χ2n) is 7.74. The Morgan fingerprint density at radius 3 is 2.44 bits per heavy atom. The largest absolute Gasteiger partial charge is 0.508 e. The van der Waals surface area contributed by atoms with Crippen molar-refractivity contribution in [2.45, 2.75) is 26.6 Å². The Morgan fingerprint density at radius 1 is 1.00 bits per heavy atom. The number of aryl methyl sites for hydroxylation is 1. The molecular formula is C23H22O3Si. The molecule has 0 fully saturated rings. The highest BCUT2D eigenvalue weighted by atomic mass is 28.3. The van der Waals surface area contributed by atoms with E-state index >= 15 is 0 Å². The average Bonchev–Trinajstić information content (AvgIpc) is 2.64. The lowest BCUT2D eigenvalue weighted by Gasteiger charge is -2.37. The molecule has 4 rings (SSSR count). The highest BCUT2D eigenvalue weighted by molar-refractivity contribution is 6.98. The predicted molar refractivity (Wildman–Crippen MR) is 111 cm³/mol. The van der Waals surface area contributed by atoms with Gasteiger partial charge in [-0.25, -0.2) is 0 Å². The van der Waals surface area contributed by atoms with Gasteiger partial charge in [-0.3, -0.25) is 4.79 Å². The Labute approximate surface area is 160 Å². The third kappa shape index (κ3) is 2.73. The van der Waals surface area contributed by atoms with E-state index in [9.17, 15) is 15.0 Å². The van der Waals surface area contributed by atoms with Crippen molar-refractivity contribution in [1.29, 1.82) is 0 Å². The zero-order valence-corrected chi connectivity index (χ0v) is 16.7. The first kappa shape index (κ1) is 17.7. The average molecular weight is 375 g/mol. The number of fused-ring (bicyclic) bond motifs is 2. The third-order valence-electron chi connectivity index (χ3n) is 5.62. The summed E-state index contributed by atoms with van der Waals surface area (Å²) in [4.78, 5) is 12.1. The molecule has 0 unspecified atom stereocenters. The van der Waals surface area contributed by atoms with Crippen molar-refractivity contribution in [2.75, 3.05) is 0 Å². The number of aromatic hydroxyl groups is 1. The smallest absolute Gasteiger partial charge is 0.178 e.